The van der Waals surface area contributed by atoms with Crippen LogP contribution in [0.5, 0.6) is 0 Å². The Kier molecular flexibility index (Phi) is 4.59. The molecule has 1 unspecified atom stereocenters. The molecule has 2 aliphatic carbocycles. The van der Waals surface area contributed by atoms with Gasteiger partial charge in [0.25, 0.3) is 0 Å². The van der Waals surface area contributed by atoms with Gasteiger partial charge in [0.15, 0.2) is 16.1 Å². The van der Waals surface area contributed by atoms with Crippen molar-refractivity contribution in [2.75, 3.05) is 5.32 Å². The molecule has 8 nitrogen and oxygen atoms in total. The number of aryl methyl sites for hydroxylation is 2. The van der Waals surface area contributed by atoms with Gasteiger partial charge in [-0.25, -0.2) is 13.7 Å². The summed E-state index contributed by atoms with van der Waals surface area (Å²) in [7, 11) is -3.48. The van der Waals surface area contributed by atoms with Crippen molar-refractivity contribution >= 4 is 21.6 Å². The summed E-state index contributed by atoms with van der Waals surface area (Å²) in [5.74, 6) is 0. The molecular weight excluding hydrogens is 412 g/mol. The number of carbonyl (C=O) groups excluding carboxylic acids is 1. The van der Waals surface area contributed by atoms with Crippen LogP contribution in [-0.2, 0) is 48.6 Å². The number of amides is 2. The summed E-state index contributed by atoms with van der Waals surface area (Å²) in [5.41, 5.74) is 6.52. The molecule has 31 heavy (non-hydrogen) atoms. The molecule has 0 spiro atoms. The molecule has 3 aliphatic rings. The Bertz CT molecular complexity index is 1230. The quantitative estimate of drug-likeness (QED) is 0.564. The van der Waals surface area contributed by atoms with E-state index in [1.807, 2.05) is 0 Å². The predicted octanol–water partition coefficient (Wildman–Crippen LogP) is 3.49. The number of benzene rings is 1. The zero-order valence-electron chi connectivity index (χ0n) is 17.8. The standard InChI is InChI=1S/C22H26N6O2S/c1-22(2)10-18-19(11-24-28(18)12-22)31(30,25-13-23)27-21(29)26-20-16-7-3-5-14(16)9-15-6-4-8-17(15)20/h9,11H,3-8,10,12H2,1-2H3,(H2,25,26,27,29,30). The third-order valence-corrected chi connectivity index (χ3v) is 8.26. The summed E-state index contributed by atoms with van der Waals surface area (Å²) in [6.07, 6.45) is 9.89. The Labute approximate surface area is 182 Å². The molecule has 162 valence electrons. The minimum absolute atomic E-state index is 0.0290. The predicted molar refractivity (Wildman–Crippen MR) is 117 cm³/mol. The number of fused-ring (bicyclic) bond motifs is 3. The number of anilines is 1. The van der Waals surface area contributed by atoms with E-state index >= 15 is 0 Å². The lowest BCUT2D eigenvalue weighted by Crippen LogP contribution is -2.23. The van der Waals surface area contributed by atoms with Crippen LogP contribution in [0.4, 0.5) is 10.5 Å². The molecule has 0 radical (unpaired) electrons. The Balaban J connectivity index is 1.53. The number of nitrogens with one attached hydrogen (secondary N) is 2. The Morgan fingerprint density at radius 2 is 1.90 bits per heavy atom. The number of urea groups is 1. The molecule has 2 aromatic rings. The molecular formula is C22H26N6O2S. The van der Waals surface area contributed by atoms with Gasteiger partial charge in [0.1, 0.15) is 4.90 Å². The van der Waals surface area contributed by atoms with Gasteiger partial charge < -0.3 is 5.32 Å². The third kappa shape index (κ3) is 3.39. The second-order valence-electron chi connectivity index (χ2n) is 9.45. The highest BCUT2D eigenvalue weighted by Gasteiger charge is 2.35. The van der Waals surface area contributed by atoms with Crippen molar-refractivity contribution in [1.82, 2.24) is 14.5 Å². The molecule has 1 aromatic heterocycles. The van der Waals surface area contributed by atoms with Gasteiger partial charge in [0, 0.05) is 12.2 Å². The summed E-state index contributed by atoms with van der Waals surface area (Å²) < 4.78 is 21.8. The Hall–Kier alpha value is -2.86. The van der Waals surface area contributed by atoms with E-state index in [9.17, 15) is 14.3 Å². The van der Waals surface area contributed by atoms with Crippen molar-refractivity contribution in [3.05, 3.63) is 40.2 Å². The maximum Gasteiger partial charge on any atom is 0.355 e. The van der Waals surface area contributed by atoms with E-state index in [-0.39, 0.29) is 5.41 Å². The fraction of sp³-hybridized carbons (Fsp3) is 0.500. The van der Waals surface area contributed by atoms with E-state index in [0.29, 0.717) is 17.9 Å². The van der Waals surface area contributed by atoms with Crippen LogP contribution in [0.2, 0.25) is 0 Å². The van der Waals surface area contributed by atoms with E-state index in [4.69, 9.17) is 0 Å². The zero-order valence-corrected chi connectivity index (χ0v) is 18.6. The van der Waals surface area contributed by atoms with Crippen LogP contribution in [0.3, 0.4) is 0 Å². The van der Waals surface area contributed by atoms with Gasteiger partial charge in [0.05, 0.1) is 11.9 Å². The van der Waals surface area contributed by atoms with E-state index < -0.39 is 15.9 Å². The topological polar surface area (TPSA) is 112 Å². The van der Waals surface area contributed by atoms with Crippen molar-refractivity contribution in [2.24, 2.45) is 9.78 Å². The van der Waals surface area contributed by atoms with Gasteiger partial charge in [-0.3, -0.25) is 4.68 Å². The molecule has 1 atom stereocenters. The molecule has 5 rings (SSSR count). The third-order valence-electron chi connectivity index (χ3n) is 6.53. The summed E-state index contributed by atoms with van der Waals surface area (Å²) >= 11 is 0. The van der Waals surface area contributed by atoms with Crippen molar-refractivity contribution in [2.45, 2.75) is 70.2 Å². The van der Waals surface area contributed by atoms with Gasteiger partial charge in [-0.05, 0) is 72.6 Å². The van der Waals surface area contributed by atoms with E-state index in [1.54, 1.807) is 10.9 Å². The first-order valence-electron chi connectivity index (χ1n) is 10.7. The Morgan fingerprint density at radius 3 is 2.55 bits per heavy atom. The minimum Gasteiger partial charge on any atom is -0.305 e. The van der Waals surface area contributed by atoms with E-state index in [1.165, 1.54) is 28.5 Å². The first-order valence-corrected chi connectivity index (χ1v) is 12.3. The van der Waals surface area contributed by atoms with Gasteiger partial charge in [-0.1, -0.05) is 19.9 Å². The number of rotatable bonds is 3. The molecule has 1 aliphatic heterocycles. The van der Waals surface area contributed by atoms with Gasteiger partial charge >= 0.3 is 6.03 Å². The highest BCUT2D eigenvalue weighted by atomic mass is 32.2. The van der Waals surface area contributed by atoms with Crippen molar-refractivity contribution < 1.29 is 9.00 Å². The molecule has 0 bridgehead atoms. The summed E-state index contributed by atoms with van der Waals surface area (Å²) in [6.45, 7) is 4.90. The molecule has 2 amide bonds. The lowest BCUT2D eigenvalue weighted by Gasteiger charge is -2.16. The average molecular weight is 439 g/mol. The SMILES string of the molecule is CC1(C)Cc2c(S(=O)(=NC(=O)Nc3c4c(cc5c3CCC5)CCC4)NC#N)cnn2C1. The van der Waals surface area contributed by atoms with Crippen molar-refractivity contribution in [3.8, 4) is 6.19 Å². The Morgan fingerprint density at radius 1 is 1.23 bits per heavy atom. The molecule has 0 saturated heterocycles. The van der Waals surface area contributed by atoms with Crippen molar-refractivity contribution in [1.29, 1.82) is 5.26 Å². The monoisotopic (exact) mass is 438 g/mol. The number of aromatic nitrogens is 2. The second-order valence-corrected chi connectivity index (χ2v) is 11.3. The number of hydrogen-bond donors (Lipinski definition) is 2. The first kappa shape index (κ1) is 20.1. The normalized spacial score (nSPS) is 19.6. The van der Waals surface area contributed by atoms with Gasteiger partial charge in [0.2, 0.25) is 0 Å². The van der Waals surface area contributed by atoms with Crippen LogP contribution in [0.15, 0.2) is 21.5 Å². The zero-order chi connectivity index (χ0) is 21.8. The van der Waals surface area contributed by atoms with Gasteiger partial charge in [-0.15, -0.1) is 4.36 Å². The summed E-state index contributed by atoms with van der Waals surface area (Å²) in [5, 5.41) is 16.5. The van der Waals surface area contributed by atoms with Crippen LogP contribution in [-0.4, -0.2) is 20.0 Å². The number of nitriles is 1. The minimum atomic E-state index is -3.48. The average Bonchev–Trinajstić information content (AvgIpc) is 3.44. The first-order chi connectivity index (χ1) is 14.8. The lowest BCUT2D eigenvalue weighted by atomic mass is 9.91. The van der Waals surface area contributed by atoms with Crippen LogP contribution in [0.25, 0.3) is 0 Å². The summed E-state index contributed by atoms with van der Waals surface area (Å²) in [6, 6.07) is 1.59. The molecule has 2 heterocycles. The molecule has 1 aromatic carbocycles. The van der Waals surface area contributed by atoms with Crippen LogP contribution >= 0.6 is 0 Å². The molecule has 0 saturated carbocycles. The van der Waals surface area contributed by atoms with Crippen LogP contribution < -0.4 is 10.0 Å². The fourth-order valence-electron chi connectivity index (χ4n) is 5.26. The highest BCUT2D eigenvalue weighted by Crippen LogP contribution is 2.39. The molecule has 2 N–H and O–H groups in total. The maximum absolute atomic E-state index is 13.7. The highest BCUT2D eigenvalue weighted by molar-refractivity contribution is 7.92. The smallest absolute Gasteiger partial charge is 0.305 e. The van der Waals surface area contributed by atoms with Gasteiger partial charge in [-0.2, -0.15) is 10.4 Å². The molecule has 0 fully saturated rings. The van der Waals surface area contributed by atoms with E-state index in [0.717, 1.165) is 49.9 Å². The maximum atomic E-state index is 13.7. The largest absolute Gasteiger partial charge is 0.355 e. The molecule has 9 heteroatoms. The van der Waals surface area contributed by atoms with Crippen LogP contribution in [0.1, 0.15) is 54.6 Å². The second kappa shape index (κ2) is 7.09. The van der Waals surface area contributed by atoms with E-state index in [2.05, 4.69) is 39.4 Å². The van der Waals surface area contributed by atoms with Crippen LogP contribution in [0, 0.1) is 16.9 Å². The number of hydrogen-bond acceptors (Lipinski definition) is 4. The number of nitrogens with zero attached hydrogens (tertiary/aromatic N) is 4. The number of carbonyl (C=O) groups is 1. The summed E-state index contributed by atoms with van der Waals surface area (Å²) in [4.78, 5) is 13.3. The fourth-order valence-corrected chi connectivity index (χ4v) is 6.60. The van der Waals surface area contributed by atoms with Crippen molar-refractivity contribution in [3.63, 3.8) is 0 Å². The lowest BCUT2D eigenvalue weighted by molar-refractivity contribution is 0.260.